The molecule has 3 aromatic rings. The first kappa shape index (κ1) is 14.1. The minimum absolute atomic E-state index is 0.0222. The van der Waals surface area contributed by atoms with Crippen molar-refractivity contribution in [3.8, 4) is 5.75 Å². The van der Waals surface area contributed by atoms with Crippen LogP contribution >= 0.6 is 0 Å². The second-order valence-electron chi connectivity index (χ2n) is 5.23. The van der Waals surface area contributed by atoms with Crippen LogP contribution in [0.3, 0.4) is 0 Å². The van der Waals surface area contributed by atoms with Gasteiger partial charge in [0.25, 0.3) is 0 Å². The minimum Gasteiger partial charge on any atom is -0.507 e. The van der Waals surface area contributed by atoms with Gasteiger partial charge >= 0.3 is 5.97 Å². The Morgan fingerprint density at radius 2 is 1.77 bits per heavy atom. The summed E-state index contributed by atoms with van der Waals surface area (Å²) < 4.78 is 5.30. The van der Waals surface area contributed by atoms with Crippen molar-refractivity contribution in [2.24, 2.45) is 0 Å². The first-order valence-electron chi connectivity index (χ1n) is 7.08. The van der Waals surface area contributed by atoms with Crippen molar-refractivity contribution in [1.82, 2.24) is 0 Å². The van der Waals surface area contributed by atoms with Crippen molar-refractivity contribution < 1.29 is 14.6 Å². The van der Waals surface area contributed by atoms with Crippen molar-refractivity contribution in [3.63, 3.8) is 0 Å². The van der Waals surface area contributed by atoms with E-state index in [4.69, 9.17) is 4.74 Å². The van der Waals surface area contributed by atoms with Gasteiger partial charge in [0.15, 0.2) is 0 Å². The molecule has 0 aliphatic rings. The fraction of sp³-hybridized carbons (Fsp3) is 0.105. The second kappa shape index (κ2) is 5.90. The Labute approximate surface area is 128 Å². The maximum atomic E-state index is 12.1. The van der Waals surface area contributed by atoms with E-state index in [1.165, 1.54) is 0 Å². The second-order valence-corrected chi connectivity index (χ2v) is 5.23. The molecule has 0 heterocycles. The minimum atomic E-state index is -0.519. The van der Waals surface area contributed by atoms with Crippen LogP contribution in [0.4, 0.5) is 0 Å². The number of hydrogen-bond donors (Lipinski definition) is 1. The number of carbonyl (C=O) groups is 1. The van der Waals surface area contributed by atoms with Crippen LogP contribution in [0.2, 0.25) is 0 Å². The summed E-state index contributed by atoms with van der Waals surface area (Å²) in [5, 5.41) is 12.2. The third-order valence-corrected chi connectivity index (χ3v) is 3.64. The summed E-state index contributed by atoms with van der Waals surface area (Å²) in [5.41, 5.74) is 1.76. The van der Waals surface area contributed by atoms with Gasteiger partial charge in [-0.05, 0) is 41.0 Å². The number of benzene rings is 3. The SMILES string of the molecule is Cc1cccc(C(=O)OCc2ccc3ccccc3c2)c1O. The molecule has 0 amide bonds. The molecule has 0 atom stereocenters. The number of para-hydroxylation sites is 1. The summed E-state index contributed by atoms with van der Waals surface area (Å²) in [6.45, 7) is 1.92. The van der Waals surface area contributed by atoms with E-state index < -0.39 is 5.97 Å². The monoisotopic (exact) mass is 292 g/mol. The fourth-order valence-corrected chi connectivity index (χ4v) is 2.38. The number of ether oxygens (including phenoxy) is 1. The third kappa shape index (κ3) is 2.79. The number of aromatic hydroxyl groups is 1. The first-order valence-corrected chi connectivity index (χ1v) is 7.08. The molecule has 110 valence electrons. The topological polar surface area (TPSA) is 46.5 Å². The van der Waals surface area contributed by atoms with E-state index in [1.807, 2.05) is 42.5 Å². The quantitative estimate of drug-likeness (QED) is 0.735. The Morgan fingerprint density at radius 3 is 2.59 bits per heavy atom. The molecule has 0 bridgehead atoms. The zero-order valence-electron chi connectivity index (χ0n) is 12.2. The predicted octanol–water partition coefficient (Wildman–Crippen LogP) is 4.21. The van der Waals surface area contributed by atoms with Gasteiger partial charge in [-0.3, -0.25) is 0 Å². The van der Waals surface area contributed by atoms with Gasteiger partial charge in [-0.15, -0.1) is 0 Å². The summed E-state index contributed by atoms with van der Waals surface area (Å²) in [4.78, 5) is 12.1. The van der Waals surface area contributed by atoms with Crippen LogP contribution in [0.15, 0.2) is 60.7 Å². The summed E-state index contributed by atoms with van der Waals surface area (Å²) in [5.74, 6) is -0.541. The first-order chi connectivity index (χ1) is 10.6. The summed E-state index contributed by atoms with van der Waals surface area (Å²) in [6, 6.07) is 19.0. The largest absolute Gasteiger partial charge is 0.507 e. The Balaban J connectivity index is 1.76. The van der Waals surface area contributed by atoms with Gasteiger partial charge in [-0.25, -0.2) is 4.79 Å². The standard InChI is InChI=1S/C19H16O3/c1-13-5-4-8-17(18(13)20)19(21)22-12-14-9-10-15-6-2-3-7-16(15)11-14/h2-11,20H,12H2,1H3. The van der Waals surface area contributed by atoms with Gasteiger partial charge in [0.05, 0.1) is 0 Å². The maximum Gasteiger partial charge on any atom is 0.342 e. The van der Waals surface area contributed by atoms with Crippen LogP contribution in [-0.4, -0.2) is 11.1 Å². The average Bonchev–Trinajstić information content (AvgIpc) is 2.55. The molecule has 22 heavy (non-hydrogen) atoms. The van der Waals surface area contributed by atoms with E-state index >= 15 is 0 Å². The summed E-state index contributed by atoms with van der Waals surface area (Å²) >= 11 is 0. The molecule has 3 nitrogen and oxygen atoms in total. The number of rotatable bonds is 3. The Bertz CT molecular complexity index is 837. The molecule has 0 spiro atoms. The molecule has 3 heteroatoms. The van der Waals surface area contributed by atoms with Crippen molar-refractivity contribution in [2.75, 3.05) is 0 Å². The smallest absolute Gasteiger partial charge is 0.342 e. The highest BCUT2D eigenvalue weighted by atomic mass is 16.5. The molecule has 0 aliphatic carbocycles. The highest BCUT2D eigenvalue weighted by Crippen LogP contribution is 2.23. The number of phenols is 1. The van der Waals surface area contributed by atoms with Gasteiger partial charge in [0, 0.05) is 0 Å². The highest BCUT2D eigenvalue weighted by molar-refractivity contribution is 5.92. The molecule has 0 fully saturated rings. The Hall–Kier alpha value is -2.81. The van der Waals surface area contributed by atoms with E-state index in [0.29, 0.717) is 5.56 Å². The van der Waals surface area contributed by atoms with E-state index in [1.54, 1.807) is 25.1 Å². The molecular weight excluding hydrogens is 276 g/mol. The lowest BCUT2D eigenvalue weighted by Crippen LogP contribution is -2.06. The van der Waals surface area contributed by atoms with E-state index in [2.05, 4.69) is 0 Å². The molecule has 3 aromatic carbocycles. The van der Waals surface area contributed by atoms with Crippen molar-refractivity contribution in [1.29, 1.82) is 0 Å². The lowest BCUT2D eigenvalue weighted by atomic mass is 10.1. The lowest BCUT2D eigenvalue weighted by molar-refractivity contribution is 0.0469. The number of phenolic OH excluding ortho intramolecular Hbond substituents is 1. The summed E-state index contributed by atoms with van der Waals surface area (Å²) in [6.07, 6.45) is 0. The van der Waals surface area contributed by atoms with Gasteiger partial charge in [-0.1, -0.05) is 48.5 Å². The van der Waals surface area contributed by atoms with Crippen molar-refractivity contribution in [3.05, 3.63) is 77.4 Å². The normalized spacial score (nSPS) is 10.6. The molecular formula is C19H16O3. The highest BCUT2D eigenvalue weighted by Gasteiger charge is 2.13. The van der Waals surface area contributed by atoms with E-state index in [9.17, 15) is 9.90 Å². The van der Waals surface area contributed by atoms with E-state index in [0.717, 1.165) is 16.3 Å². The number of hydrogen-bond acceptors (Lipinski definition) is 3. The average molecular weight is 292 g/mol. The van der Waals surface area contributed by atoms with Crippen molar-refractivity contribution in [2.45, 2.75) is 13.5 Å². The van der Waals surface area contributed by atoms with Crippen LogP contribution in [0.1, 0.15) is 21.5 Å². The number of esters is 1. The molecule has 0 aromatic heterocycles. The fourth-order valence-electron chi connectivity index (χ4n) is 2.38. The van der Waals surface area contributed by atoms with Gasteiger partial charge in [-0.2, -0.15) is 0 Å². The van der Waals surface area contributed by atoms with Gasteiger partial charge in [0.2, 0.25) is 0 Å². The number of fused-ring (bicyclic) bond motifs is 1. The van der Waals surface area contributed by atoms with Crippen molar-refractivity contribution >= 4 is 16.7 Å². The third-order valence-electron chi connectivity index (χ3n) is 3.64. The molecule has 3 rings (SSSR count). The van der Waals surface area contributed by atoms with E-state index in [-0.39, 0.29) is 17.9 Å². The Morgan fingerprint density at radius 1 is 1.00 bits per heavy atom. The van der Waals surface area contributed by atoms with Gasteiger partial charge < -0.3 is 9.84 Å². The Kier molecular flexibility index (Phi) is 3.79. The zero-order chi connectivity index (χ0) is 15.5. The maximum absolute atomic E-state index is 12.1. The molecule has 0 saturated heterocycles. The molecule has 0 radical (unpaired) electrons. The number of aryl methyl sites for hydroxylation is 1. The molecule has 0 aliphatic heterocycles. The molecule has 1 N–H and O–H groups in total. The van der Waals surface area contributed by atoms with Crippen LogP contribution in [0.5, 0.6) is 5.75 Å². The number of carbonyl (C=O) groups excluding carboxylic acids is 1. The molecule has 0 unspecified atom stereocenters. The lowest BCUT2D eigenvalue weighted by Gasteiger charge is -2.08. The van der Waals surface area contributed by atoms with Crippen LogP contribution in [0.25, 0.3) is 10.8 Å². The van der Waals surface area contributed by atoms with Gasteiger partial charge in [0.1, 0.15) is 17.9 Å². The van der Waals surface area contributed by atoms with Crippen LogP contribution in [0, 0.1) is 6.92 Å². The predicted molar refractivity (Wildman–Crippen MR) is 85.9 cm³/mol. The van der Waals surface area contributed by atoms with Crippen LogP contribution in [-0.2, 0) is 11.3 Å². The zero-order valence-corrected chi connectivity index (χ0v) is 12.2. The summed E-state index contributed by atoms with van der Waals surface area (Å²) in [7, 11) is 0. The molecule has 0 saturated carbocycles. The van der Waals surface area contributed by atoms with Crippen LogP contribution < -0.4 is 0 Å².